The summed E-state index contributed by atoms with van der Waals surface area (Å²) in [5.74, 6) is -0.711. The quantitative estimate of drug-likeness (QED) is 0.781. The minimum atomic E-state index is -0.711. The maximum Gasteiger partial charge on any atom is 0.303 e. The molecule has 1 aliphatic carbocycles. The van der Waals surface area contributed by atoms with E-state index in [4.69, 9.17) is 5.11 Å². The van der Waals surface area contributed by atoms with Gasteiger partial charge in [0.15, 0.2) is 0 Å². The van der Waals surface area contributed by atoms with Crippen molar-refractivity contribution in [2.75, 3.05) is 0 Å². The van der Waals surface area contributed by atoms with Gasteiger partial charge in [-0.15, -0.1) is 0 Å². The molecule has 1 N–H and O–H groups in total. The minimum Gasteiger partial charge on any atom is -0.481 e. The summed E-state index contributed by atoms with van der Waals surface area (Å²) in [5, 5.41) is 7.91. The van der Waals surface area contributed by atoms with Crippen LogP contribution in [0.3, 0.4) is 0 Å². The second-order valence-electron chi connectivity index (χ2n) is 3.27. The number of hydrogen-bond acceptors (Lipinski definition) is 1. The predicted octanol–water partition coefficient (Wildman–Crippen LogP) is 3.21. The Morgan fingerprint density at radius 2 is 1.38 bits per heavy atom. The van der Waals surface area contributed by atoms with Gasteiger partial charge in [0.1, 0.15) is 0 Å². The summed E-state index contributed by atoms with van der Waals surface area (Å²) in [4.78, 5) is 9.60. The van der Waals surface area contributed by atoms with Gasteiger partial charge in [0.25, 0.3) is 0 Å². The van der Waals surface area contributed by atoms with E-state index in [-0.39, 0.29) is 21.1 Å². The summed E-state index contributed by atoms with van der Waals surface area (Å²) in [6.07, 6.45) is 10.0. The van der Waals surface area contributed by atoms with Crippen molar-refractivity contribution in [2.24, 2.45) is 0 Å². The van der Waals surface area contributed by atoms with Crippen LogP contribution in [0, 0.1) is 0 Å². The fourth-order valence-corrected chi connectivity index (χ4v) is 1.27. The van der Waals surface area contributed by atoms with Crippen molar-refractivity contribution in [1.82, 2.24) is 0 Å². The van der Waals surface area contributed by atoms with Gasteiger partial charge in [0, 0.05) is 27.5 Å². The second kappa shape index (κ2) is 12.2. The van der Waals surface area contributed by atoms with Crippen LogP contribution in [0.1, 0.15) is 58.3 Å². The van der Waals surface area contributed by atoms with Gasteiger partial charge in [-0.3, -0.25) is 4.79 Å². The summed E-state index contributed by atoms with van der Waals surface area (Å²) >= 11 is 0. The van der Waals surface area contributed by atoms with E-state index < -0.39 is 5.97 Å². The molecule has 0 aromatic carbocycles. The average molecular weight is 268 g/mol. The first kappa shape index (κ1) is 15.6. The van der Waals surface area contributed by atoms with Crippen LogP contribution in [0.4, 0.5) is 0 Å². The van der Waals surface area contributed by atoms with Gasteiger partial charge < -0.3 is 5.11 Å². The molecular weight excluding hydrogens is 248 g/mol. The number of carboxylic acid groups (broad SMARTS) is 1. The minimum absolute atomic E-state index is 0. The van der Waals surface area contributed by atoms with Gasteiger partial charge >= 0.3 is 5.97 Å². The van der Waals surface area contributed by atoms with E-state index in [9.17, 15) is 4.79 Å². The van der Waals surface area contributed by atoms with E-state index in [1.165, 1.54) is 38.5 Å². The van der Waals surface area contributed by atoms with Crippen LogP contribution in [0.15, 0.2) is 0 Å². The Bertz CT molecular complexity index is 100.0. The third kappa shape index (κ3) is 15.0. The number of hydrogen-bond donors (Lipinski definition) is 1. The van der Waals surface area contributed by atoms with Crippen molar-refractivity contribution in [3.8, 4) is 0 Å². The van der Waals surface area contributed by atoms with Gasteiger partial charge in [-0.05, 0) is 6.42 Å². The standard InChI is InChI=1S/C6H12.C4H8O2.Mo/c1-2-4-6-5-3-1;1-2-3-4(5)6;/h1-6H2;2-3H2,1H3,(H,5,6);. The van der Waals surface area contributed by atoms with Crippen molar-refractivity contribution in [1.29, 1.82) is 0 Å². The maximum absolute atomic E-state index is 9.60. The number of rotatable bonds is 2. The van der Waals surface area contributed by atoms with Crippen LogP contribution in [0.5, 0.6) is 0 Å². The Balaban J connectivity index is 0. The maximum atomic E-state index is 9.60. The Morgan fingerprint density at radius 3 is 1.46 bits per heavy atom. The Morgan fingerprint density at radius 1 is 1.08 bits per heavy atom. The number of carboxylic acids is 1. The smallest absolute Gasteiger partial charge is 0.303 e. The molecule has 1 rings (SSSR count). The zero-order valence-corrected chi connectivity index (χ0v) is 10.4. The van der Waals surface area contributed by atoms with Gasteiger partial charge in [0.2, 0.25) is 0 Å². The molecule has 0 heterocycles. The number of aliphatic carboxylic acids is 1. The largest absolute Gasteiger partial charge is 0.481 e. The van der Waals surface area contributed by atoms with Gasteiger partial charge in [-0.25, -0.2) is 0 Å². The fourth-order valence-electron chi connectivity index (χ4n) is 1.27. The van der Waals surface area contributed by atoms with Crippen molar-refractivity contribution in [3.63, 3.8) is 0 Å². The monoisotopic (exact) mass is 270 g/mol. The first-order valence-corrected chi connectivity index (χ1v) is 4.99. The molecule has 0 amide bonds. The van der Waals surface area contributed by atoms with Gasteiger partial charge in [-0.2, -0.15) is 0 Å². The van der Waals surface area contributed by atoms with Crippen LogP contribution in [-0.2, 0) is 25.9 Å². The Labute approximate surface area is 95.4 Å². The molecular formula is C10H20MoO2. The Hall–Kier alpha value is 0.158. The zero-order valence-electron chi connectivity index (χ0n) is 8.42. The molecule has 0 unspecified atom stereocenters. The third-order valence-corrected chi connectivity index (χ3v) is 1.96. The summed E-state index contributed by atoms with van der Waals surface area (Å²) < 4.78 is 0. The second-order valence-corrected chi connectivity index (χ2v) is 3.27. The molecule has 2 nitrogen and oxygen atoms in total. The van der Waals surface area contributed by atoms with Crippen LogP contribution < -0.4 is 0 Å². The van der Waals surface area contributed by atoms with Crippen molar-refractivity contribution >= 4 is 5.97 Å². The molecule has 0 radical (unpaired) electrons. The molecule has 0 aromatic rings. The molecule has 0 bridgehead atoms. The van der Waals surface area contributed by atoms with Crippen molar-refractivity contribution in [3.05, 3.63) is 0 Å². The molecule has 1 aliphatic rings. The fraction of sp³-hybridized carbons (Fsp3) is 0.900. The molecule has 0 saturated heterocycles. The van der Waals surface area contributed by atoms with Crippen LogP contribution in [0.25, 0.3) is 0 Å². The molecule has 0 aliphatic heterocycles. The van der Waals surface area contributed by atoms with Crippen LogP contribution >= 0.6 is 0 Å². The molecule has 1 fully saturated rings. The topological polar surface area (TPSA) is 37.3 Å². The van der Waals surface area contributed by atoms with E-state index >= 15 is 0 Å². The van der Waals surface area contributed by atoms with E-state index in [1.807, 2.05) is 6.92 Å². The van der Waals surface area contributed by atoms with E-state index in [2.05, 4.69) is 0 Å². The molecule has 0 aromatic heterocycles. The zero-order chi connectivity index (χ0) is 9.23. The number of carbonyl (C=O) groups is 1. The van der Waals surface area contributed by atoms with Crippen molar-refractivity contribution in [2.45, 2.75) is 58.3 Å². The predicted molar refractivity (Wildman–Crippen MR) is 50.2 cm³/mol. The van der Waals surface area contributed by atoms with E-state index in [0.717, 1.165) is 6.42 Å². The van der Waals surface area contributed by atoms with Gasteiger partial charge in [0.05, 0.1) is 0 Å². The molecule has 3 heteroatoms. The van der Waals surface area contributed by atoms with E-state index in [0.29, 0.717) is 6.42 Å². The van der Waals surface area contributed by atoms with Crippen LogP contribution in [-0.4, -0.2) is 11.1 Å². The third-order valence-electron chi connectivity index (χ3n) is 1.96. The average Bonchev–Trinajstić information content (AvgIpc) is 2.08. The SMILES string of the molecule is C1CCCCC1.CCCC(=O)O.[Mo]. The normalized spacial score (nSPS) is 14.8. The Kier molecular flexibility index (Phi) is 14.6. The van der Waals surface area contributed by atoms with Crippen LogP contribution in [0.2, 0.25) is 0 Å². The van der Waals surface area contributed by atoms with Crippen molar-refractivity contribution < 1.29 is 31.0 Å². The summed E-state index contributed by atoms with van der Waals surface area (Å²) in [6, 6.07) is 0. The summed E-state index contributed by atoms with van der Waals surface area (Å²) in [6.45, 7) is 1.84. The molecule has 78 valence electrons. The molecule has 13 heavy (non-hydrogen) atoms. The van der Waals surface area contributed by atoms with Gasteiger partial charge in [-0.1, -0.05) is 45.4 Å². The molecule has 0 spiro atoms. The summed E-state index contributed by atoms with van der Waals surface area (Å²) in [5.41, 5.74) is 0. The first-order valence-electron chi connectivity index (χ1n) is 4.99. The first-order chi connectivity index (χ1) is 5.77. The molecule has 0 atom stereocenters. The molecule has 1 saturated carbocycles. The van der Waals surface area contributed by atoms with E-state index in [1.54, 1.807) is 0 Å². The summed E-state index contributed by atoms with van der Waals surface area (Å²) in [7, 11) is 0.